The molecule has 220 valence electrons. The average Bonchev–Trinajstić information content (AvgIpc) is 2.86. The van der Waals surface area contributed by atoms with Crippen LogP contribution in [0, 0.1) is 0 Å². The number of rotatable bonds is 17. The first-order valence-electron chi connectivity index (χ1n) is 13.8. The first kappa shape index (κ1) is 33.9. The van der Waals surface area contributed by atoms with Gasteiger partial charge in [0.25, 0.3) is 5.72 Å². The molecule has 0 radical (unpaired) electrons. The number of nitrogens with one attached hydrogen (secondary N) is 1. The van der Waals surface area contributed by atoms with Crippen molar-refractivity contribution in [3.63, 3.8) is 0 Å². The maximum absolute atomic E-state index is 12.7. The molecule has 1 rings (SSSR count). The molecule has 0 spiro atoms. The molecule has 0 aromatic heterocycles. The van der Waals surface area contributed by atoms with Crippen LogP contribution in [0.25, 0.3) is 0 Å². The van der Waals surface area contributed by atoms with Gasteiger partial charge < -0.3 is 24.1 Å². The Balaban J connectivity index is 3.44. The van der Waals surface area contributed by atoms with Crippen LogP contribution in [-0.2, 0) is 30.3 Å². The van der Waals surface area contributed by atoms with E-state index in [1.807, 2.05) is 27.7 Å². The molecule has 0 aliphatic heterocycles. The zero-order chi connectivity index (χ0) is 29.6. The number of carboxylic acid groups (broad SMARTS) is 1. The summed E-state index contributed by atoms with van der Waals surface area (Å²) < 4.78 is 21.8. The number of hydrogen-bond acceptors (Lipinski definition) is 9. The van der Waals surface area contributed by atoms with E-state index in [2.05, 4.69) is 5.32 Å². The van der Waals surface area contributed by atoms with Crippen molar-refractivity contribution in [1.82, 2.24) is 5.32 Å². The van der Waals surface area contributed by atoms with Gasteiger partial charge in [0.2, 0.25) is 0 Å². The molecule has 2 atom stereocenters. The largest absolute Gasteiger partial charge is 0.511 e. The summed E-state index contributed by atoms with van der Waals surface area (Å²) in [7, 11) is 0. The van der Waals surface area contributed by atoms with Crippen molar-refractivity contribution in [2.24, 2.45) is 0 Å². The summed E-state index contributed by atoms with van der Waals surface area (Å²) in [5.74, 6) is -2.38. The monoisotopic (exact) mass is 551 g/mol. The van der Waals surface area contributed by atoms with Crippen molar-refractivity contribution >= 4 is 24.1 Å². The van der Waals surface area contributed by atoms with Crippen LogP contribution in [0.1, 0.15) is 105 Å². The highest BCUT2D eigenvalue weighted by Gasteiger charge is 2.45. The summed E-state index contributed by atoms with van der Waals surface area (Å²) in [6, 6.07) is 4.06. The topological polar surface area (TPSA) is 137 Å². The van der Waals surface area contributed by atoms with Gasteiger partial charge in [0, 0.05) is 25.3 Å². The fourth-order valence-electron chi connectivity index (χ4n) is 3.36. The van der Waals surface area contributed by atoms with E-state index in [1.54, 1.807) is 20.8 Å². The summed E-state index contributed by atoms with van der Waals surface area (Å²) in [5, 5.41) is 13.2. The third-order valence-corrected chi connectivity index (χ3v) is 6.28. The highest BCUT2D eigenvalue weighted by Crippen LogP contribution is 2.32. The number of aliphatic carboxylic acids is 1. The predicted molar refractivity (Wildman–Crippen MR) is 146 cm³/mol. The van der Waals surface area contributed by atoms with Crippen molar-refractivity contribution in [3.8, 4) is 11.5 Å². The van der Waals surface area contributed by atoms with Gasteiger partial charge in [-0.15, -0.1) is 0 Å². The lowest BCUT2D eigenvalue weighted by Crippen LogP contribution is -2.60. The molecule has 0 saturated carbocycles. The van der Waals surface area contributed by atoms with Crippen molar-refractivity contribution in [1.29, 1.82) is 0 Å². The Bertz CT molecular complexity index is 976. The Morgan fingerprint density at radius 3 is 1.95 bits per heavy atom. The molecule has 1 aromatic carbocycles. The van der Waals surface area contributed by atoms with Crippen molar-refractivity contribution in [3.05, 3.63) is 23.8 Å². The summed E-state index contributed by atoms with van der Waals surface area (Å²) in [4.78, 5) is 50.0. The molecule has 0 heterocycles. The Kier molecular flexibility index (Phi) is 14.0. The standard InChI is InChI=1S/C29H45NO9/c1-8-12-14-24(31)36-22-17-16-21(18-23(22)37-25(32)15-13-9-2)19-29(26(33)34,30-20(5)10-3)39-27(35)38-28(6,7)11-4/h16-18,20,30H,8-15,19H2,1-7H3,(H,33,34)/t20?,29-/m0/s1. The molecule has 0 fully saturated rings. The maximum atomic E-state index is 12.7. The summed E-state index contributed by atoms with van der Waals surface area (Å²) in [5.41, 5.74) is -2.68. The lowest BCUT2D eigenvalue weighted by molar-refractivity contribution is -0.169. The van der Waals surface area contributed by atoms with Gasteiger partial charge in [-0.05, 0) is 64.2 Å². The first-order valence-corrected chi connectivity index (χ1v) is 13.8. The molecule has 1 unspecified atom stereocenters. The maximum Gasteiger partial charge on any atom is 0.511 e. The smallest absolute Gasteiger partial charge is 0.477 e. The van der Waals surface area contributed by atoms with Crippen LogP contribution in [0.2, 0.25) is 0 Å². The quantitative estimate of drug-likeness (QED) is 0.136. The van der Waals surface area contributed by atoms with Crippen LogP contribution < -0.4 is 14.8 Å². The molecule has 0 aliphatic rings. The van der Waals surface area contributed by atoms with Crippen LogP contribution in [0.3, 0.4) is 0 Å². The Labute approximate surface area is 231 Å². The minimum atomic E-state index is -2.18. The number of carbonyl (C=O) groups is 4. The Hall–Kier alpha value is -3.14. The number of esters is 2. The Morgan fingerprint density at radius 2 is 1.46 bits per heavy atom. The minimum absolute atomic E-state index is 0.0176. The molecule has 10 heteroatoms. The van der Waals surface area contributed by atoms with Gasteiger partial charge in [0.15, 0.2) is 11.5 Å². The highest BCUT2D eigenvalue weighted by atomic mass is 16.8. The lowest BCUT2D eigenvalue weighted by atomic mass is 10.00. The van der Waals surface area contributed by atoms with Crippen LogP contribution in [0.5, 0.6) is 11.5 Å². The number of benzene rings is 1. The van der Waals surface area contributed by atoms with Crippen LogP contribution >= 0.6 is 0 Å². The number of carbonyl (C=O) groups excluding carboxylic acids is 3. The molecule has 0 amide bonds. The predicted octanol–water partition coefficient (Wildman–Crippen LogP) is 5.93. The number of unbranched alkanes of at least 4 members (excludes halogenated alkanes) is 2. The van der Waals surface area contributed by atoms with Gasteiger partial charge in [-0.3, -0.25) is 14.9 Å². The van der Waals surface area contributed by atoms with Gasteiger partial charge in [0.1, 0.15) is 5.60 Å². The third-order valence-electron chi connectivity index (χ3n) is 6.28. The second-order valence-corrected chi connectivity index (χ2v) is 10.3. The lowest BCUT2D eigenvalue weighted by Gasteiger charge is -2.34. The number of carboxylic acids is 1. The van der Waals surface area contributed by atoms with E-state index in [4.69, 9.17) is 18.9 Å². The van der Waals surface area contributed by atoms with E-state index < -0.39 is 35.4 Å². The van der Waals surface area contributed by atoms with Crippen LogP contribution in [0.15, 0.2) is 18.2 Å². The van der Waals surface area contributed by atoms with Crippen molar-refractivity contribution < 1.29 is 43.2 Å². The minimum Gasteiger partial charge on any atom is -0.477 e. The van der Waals surface area contributed by atoms with Crippen molar-refractivity contribution in [2.45, 2.75) is 124 Å². The second-order valence-electron chi connectivity index (χ2n) is 10.3. The fraction of sp³-hybridized carbons (Fsp3) is 0.655. The van der Waals surface area contributed by atoms with Gasteiger partial charge in [-0.25, -0.2) is 9.59 Å². The third kappa shape index (κ3) is 11.6. The summed E-state index contributed by atoms with van der Waals surface area (Å²) in [6.07, 6.45) is 2.83. The molecule has 0 saturated heterocycles. The van der Waals surface area contributed by atoms with E-state index in [9.17, 15) is 24.3 Å². The molecule has 39 heavy (non-hydrogen) atoms. The summed E-state index contributed by atoms with van der Waals surface area (Å²) in [6.45, 7) is 12.7. The first-order chi connectivity index (χ1) is 18.3. The van der Waals surface area contributed by atoms with E-state index in [-0.39, 0.29) is 36.8 Å². The molecule has 10 nitrogen and oxygen atoms in total. The van der Waals surface area contributed by atoms with E-state index in [0.717, 1.165) is 12.8 Å². The van der Waals surface area contributed by atoms with Gasteiger partial charge in [0.05, 0.1) is 0 Å². The number of ether oxygens (including phenoxy) is 4. The van der Waals surface area contributed by atoms with Crippen LogP contribution in [-0.4, -0.2) is 46.5 Å². The van der Waals surface area contributed by atoms with E-state index >= 15 is 0 Å². The SMILES string of the molecule is CCCCC(=O)Oc1ccc(C[C@](NC(C)CC)(OC(=O)OC(C)(C)CC)C(=O)O)cc1OC(=O)CCCC. The zero-order valence-electron chi connectivity index (χ0n) is 24.4. The van der Waals surface area contributed by atoms with Gasteiger partial charge >= 0.3 is 24.1 Å². The summed E-state index contributed by atoms with van der Waals surface area (Å²) >= 11 is 0. The zero-order valence-corrected chi connectivity index (χ0v) is 24.4. The molecule has 0 bridgehead atoms. The van der Waals surface area contributed by atoms with Gasteiger partial charge in [-0.1, -0.05) is 46.6 Å². The number of hydrogen-bond donors (Lipinski definition) is 2. The highest BCUT2D eigenvalue weighted by molar-refractivity contribution is 5.81. The molecule has 1 aromatic rings. The molecular formula is C29H45NO9. The Morgan fingerprint density at radius 1 is 0.897 bits per heavy atom. The van der Waals surface area contributed by atoms with Crippen molar-refractivity contribution in [2.75, 3.05) is 0 Å². The van der Waals surface area contributed by atoms with Crippen LogP contribution in [0.4, 0.5) is 4.79 Å². The average molecular weight is 552 g/mol. The second kappa shape index (κ2) is 16.1. The fourth-order valence-corrected chi connectivity index (χ4v) is 3.36. The van der Waals surface area contributed by atoms with E-state index in [0.29, 0.717) is 31.2 Å². The molecular weight excluding hydrogens is 506 g/mol. The molecule has 2 N–H and O–H groups in total. The molecule has 0 aliphatic carbocycles. The normalized spacial score (nSPS) is 13.6. The van der Waals surface area contributed by atoms with E-state index in [1.165, 1.54) is 18.2 Å². The van der Waals surface area contributed by atoms with Gasteiger partial charge in [-0.2, -0.15) is 0 Å².